The minimum absolute atomic E-state index is 0.0125. The fourth-order valence-electron chi connectivity index (χ4n) is 3.92. The minimum Gasteiger partial charge on any atom is -0.355 e. The standard InChI is InChI=1S/C27H28Cl3N3O4S/c1-3-23(27(35)31-4-2)32(17-19-13-15-20(28)16-14-19)25(34)18-33(24-12-8-11-22(29)26(24)30)38(36,37)21-9-6-5-7-10-21/h5-16,23H,3-4,17-18H2,1-2H3,(H,31,35). The van der Waals surface area contributed by atoms with Crippen molar-refractivity contribution in [1.29, 1.82) is 0 Å². The Morgan fingerprint density at radius 1 is 0.895 bits per heavy atom. The largest absolute Gasteiger partial charge is 0.355 e. The zero-order valence-corrected chi connectivity index (χ0v) is 24.0. The fourth-order valence-corrected chi connectivity index (χ4v) is 5.94. The molecule has 7 nitrogen and oxygen atoms in total. The molecule has 0 saturated heterocycles. The van der Waals surface area contributed by atoms with Crippen LogP contribution in [-0.4, -0.2) is 44.3 Å². The number of nitrogens with one attached hydrogen (secondary N) is 1. The molecule has 1 atom stereocenters. The van der Waals surface area contributed by atoms with Gasteiger partial charge in [-0.2, -0.15) is 0 Å². The average Bonchev–Trinajstić information content (AvgIpc) is 2.90. The van der Waals surface area contributed by atoms with Gasteiger partial charge in [-0.15, -0.1) is 0 Å². The highest BCUT2D eigenvalue weighted by Crippen LogP contribution is 2.35. The van der Waals surface area contributed by atoms with Gasteiger partial charge in [-0.25, -0.2) is 8.42 Å². The molecule has 0 bridgehead atoms. The van der Waals surface area contributed by atoms with Gasteiger partial charge in [-0.3, -0.25) is 13.9 Å². The van der Waals surface area contributed by atoms with E-state index in [0.29, 0.717) is 18.0 Å². The van der Waals surface area contributed by atoms with Crippen LogP contribution in [0.1, 0.15) is 25.8 Å². The number of hydrogen-bond donors (Lipinski definition) is 1. The molecule has 3 aromatic rings. The summed E-state index contributed by atoms with van der Waals surface area (Å²) in [6.45, 7) is 3.40. The molecule has 0 aliphatic rings. The molecule has 1 unspecified atom stereocenters. The van der Waals surface area contributed by atoms with Crippen molar-refractivity contribution in [3.05, 3.63) is 93.4 Å². The third-order valence-corrected chi connectivity index (χ3v) is 8.65. The number of amides is 2. The number of nitrogens with zero attached hydrogens (tertiary/aromatic N) is 2. The fraction of sp³-hybridized carbons (Fsp3) is 0.259. The van der Waals surface area contributed by atoms with Crippen LogP contribution in [0.5, 0.6) is 0 Å². The predicted molar refractivity (Wildman–Crippen MR) is 152 cm³/mol. The summed E-state index contributed by atoms with van der Waals surface area (Å²) in [5.41, 5.74) is 0.776. The Morgan fingerprint density at radius 2 is 1.55 bits per heavy atom. The smallest absolute Gasteiger partial charge is 0.264 e. The Morgan fingerprint density at radius 3 is 2.16 bits per heavy atom. The lowest BCUT2D eigenvalue weighted by atomic mass is 10.1. The minimum atomic E-state index is -4.24. The normalized spacial score (nSPS) is 12.0. The summed E-state index contributed by atoms with van der Waals surface area (Å²) in [7, 11) is -4.24. The number of likely N-dealkylation sites (N-methyl/N-ethyl adjacent to an activating group) is 1. The van der Waals surface area contributed by atoms with Gasteiger partial charge < -0.3 is 10.2 Å². The monoisotopic (exact) mass is 595 g/mol. The van der Waals surface area contributed by atoms with E-state index < -0.39 is 28.5 Å². The van der Waals surface area contributed by atoms with Gasteiger partial charge in [0, 0.05) is 18.1 Å². The third kappa shape index (κ3) is 6.99. The van der Waals surface area contributed by atoms with E-state index in [0.717, 1.165) is 9.87 Å². The Hall–Kier alpha value is -2.78. The van der Waals surface area contributed by atoms with Gasteiger partial charge >= 0.3 is 0 Å². The highest BCUT2D eigenvalue weighted by atomic mass is 35.5. The van der Waals surface area contributed by atoms with E-state index >= 15 is 0 Å². The maximum Gasteiger partial charge on any atom is 0.264 e. The molecule has 2 amide bonds. The van der Waals surface area contributed by atoms with Crippen molar-refractivity contribution >= 4 is 62.3 Å². The maximum absolute atomic E-state index is 13.9. The molecule has 1 N–H and O–H groups in total. The topological polar surface area (TPSA) is 86.8 Å². The average molecular weight is 597 g/mol. The van der Waals surface area contributed by atoms with Gasteiger partial charge in [0.15, 0.2) is 0 Å². The van der Waals surface area contributed by atoms with Gasteiger partial charge in [0.05, 0.1) is 20.6 Å². The number of anilines is 1. The van der Waals surface area contributed by atoms with Gasteiger partial charge in [-0.05, 0) is 55.3 Å². The van der Waals surface area contributed by atoms with Crippen molar-refractivity contribution in [1.82, 2.24) is 10.2 Å². The Bertz CT molecular complexity index is 1370. The summed E-state index contributed by atoms with van der Waals surface area (Å²) in [6.07, 6.45) is 0.314. The second-order valence-electron chi connectivity index (χ2n) is 8.36. The number of carbonyl (C=O) groups is 2. The molecule has 0 radical (unpaired) electrons. The van der Waals surface area contributed by atoms with E-state index in [9.17, 15) is 18.0 Å². The number of sulfonamides is 1. The first kappa shape index (κ1) is 29.8. The molecule has 3 aromatic carbocycles. The molecule has 0 saturated carbocycles. The van der Waals surface area contributed by atoms with Crippen LogP contribution in [0, 0.1) is 0 Å². The van der Waals surface area contributed by atoms with Gasteiger partial charge in [0.2, 0.25) is 11.8 Å². The van der Waals surface area contributed by atoms with Crippen LogP contribution < -0.4 is 9.62 Å². The van der Waals surface area contributed by atoms with Crippen LogP contribution in [0.15, 0.2) is 77.7 Å². The molecule has 202 valence electrons. The summed E-state index contributed by atoms with van der Waals surface area (Å²) in [5, 5.41) is 3.41. The predicted octanol–water partition coefficient (Wildman–Crippen LogP) is 5.79. The van der Waals surface area contributed by atoms with E-state index in [1.807, 2.05) is 0 Å². The van der Waals surface area contributed by atoms with Crippen molar-refractivity contribution in [3.63, 3.8) is 0 Å². The highest BCUT2D eigenvalue weighted by Gasteiger charge is 2.34. The zero-order chi connectivity index (χ0) is 27.9. The van der Waals surface area contributed by atoms with E-state index in [2.05, 4.69) is 5.32 Å². The SMILES string of the molecule is CCNC(=O)C(CC)N(Cc1ccc(Cl)cc1)C(=O)CN(c1cccc(Cl)c1Cl)S(=O)(=O)c1ccccc1. The molecule has 38 heavy (non-hydrogen) atoms. The second kappa shape index (κ2) is 13.3. The van der Waals surface area contributed by atoms with Crippen LogP contribution in [-0.2, 0) is 26.2 Å². The van der Waals surface area contributed by atoms with Gasteiger partial charge in [0.25, 0.3) is 10.0 Å². The zero-order valence-electron chi connectivity index (χ0n) is 20.9. The molecular weight excluding hydrogens is 569 g/mol. The molecule has 0 aromatic heterocycles. The number of halogens is 3. The Balaban J connectivity index is 2.09. The van der Waals surface area contributed by atoms with E-state index in [1.165, 1.54) is 29.2 Å². The Labute approximate surface area is 238 Å². The molecule has 0 aliphatic heterocycles. The van der Waals surface area contributed by atoms with E-state index in [1.54, 1.807) is 62.4 Å². The van der Waals surface area contributed by atoms with Crippen LogP contribution in [0.25, 0.3) is 0 Å². The molecule has 0 aliphatic carbocycles. The lowest BCUT2D eigenvalue weighted by molar-refractivity contribution is -0.140. The first-order valence-corrected chi connectivity index (χ1v) is 14.5. The third-order valence-electron chi connectivity index (χ3n) is 5.81. The summed E-state index contributed by atoms with van der Waals surface area (Å²) in [6, 6.07) is 18.3. The number of hydrogen-bond acceptors (Lipinski definition) is 4. The quantitative estimate of drug-likeness (QED) is 0.304. The summed E-state index contributed by atoms with van der Waals surface area (Å²) >= 11 is 18.7. The first-order chi connectivity index (χ1) is 18.1. The Kier molecular flexibility index (Phi) is 10.4. The molecule has 11 heteroatoms. The van der Waals surface area contributed by atoms with Crippen molar-refractivity contribution < 1.29 is 18.0 Å². The summed E-state index contributed by atoms with van der Waals surface area (Å²) in [4.78, 5) is 28.2. The summed E-state index contributed by atoms with van der Waals surface area (Å²) < 4.78 is 28.5. The van der Waals surface area contributed by atoms with Crippen molar-refractivity contribution in [2.75, 3.05) is 17.4 Å². The highest BCUT2D eigenvalue weighted by molar-refractivity contribution is 7.92. The number of rotatable bonds is 11. The van der Waals surface area contributed by atoms with Gasteiger partial charge in [0.1, 0.15) is 12.6 Å². The van der Waals surface area contributed by atoms with Crippen molar-refractivity contribution in [2.24, 2.45) is 0 Å². The van der Waals surface area contributed by atoms with Crippen molar-refractivity contribution in [2.45, 2.75) is 37.8 Å². The molecule has 0 spiro atoms. The molecule has 0 fully saturated rings. The number of benzene rings is 3. The lowest BCUT2D eigenvalue weighted by Crippen LogP contribution is -2.52. The maximum atomic E-state index is 13.9. The number of carbonyl (C=O) groups excluding carboxylic acids is 2. The van der Waals surface area contributed by atoms with Crippen LogP contribution in [0.3, 0.4) is 0 Å². The van der Waals surface area contributed by atoms with Crippen LogP contribution in [0.4, 0.5) is 5.69 Å². The first-order valence-electron chi connectivity index (χ1n) is 11.9. The molecule has 3 rings (SSSR count). The van der Waals surface area contributed by atoms with Gasteiger partial charge in [-0.1, -0.05) is 78.1 Å². The van der Waals surface area contributed by atoms with Crippen LogP contribution >= 0.6 is 34.8 Å². The second-order valence-corrected chi connectivity index (χ2v) is 11.4. The van der Waals surface area contributed by atoms with Crippen molar-refractivity contribution in [3.8, 4) is 0 Å². The summed E-state index contributed by atoms with van der Waals surface area (Å²) in [5.74, 6) is -0.927. The molecular formula is C27H28Cl3N3O4S. The molecule has 0 heterocycles. The lowest BCUT2D eigenvalue weighted by Gasteiger charge is -2.33. The van der Waals surface area contributed by atoms with E-state index in [-0.39, 0.29) is 33.1 Å². The van der Waals surface area contributed by atoms with E-state index in [4.69, 9.17) is 34.8 Å². The van der Waals surface area contributed by atoms with Crippen LogP contribution in [0.2, 0.25) is 15.1 Å².